The van der Waals surface area contributed by atoms with E-state index in [2.05, 4.69) is 21.2 Å². The van der Waals surface area contributed by atoms with E-state index in [4.69, 9.17) is 9.47 Å². The number of methoxy groups -OCH3 is 1. The van der Waals surface area contributed by atoms with E-state index in [0.29, 0.717) is 17.8 Å². The second-order valence-electron chi connectivity index (χ2n) is 5.80. The zero-order valence-corrected chi connectivity index (χ0v) is 15.9. The van der Waals surface area contributed by atoms with Crippen LogP contribution in [0.1, 0.15) is 31.4 Å². The summed E-state index contributed by atoms with van der Waals surface area (Å²) in [7, 11) is 1.35. The number of allylic oxidation sites excluding steroid dienone is 1. The molecular formula is C16H19BrN2O4S. The summed E-state index contributed by atoms with van der Waals surface area (Å²) in [5, 5.41) is 4.84. The molecule has 0 bridgehead atoms. The largest absolute Gasteiger partial charge is 0.466 e. The molecule has 1 aromatic heterocycles. The van der Waals surface area contributed by atoms with E-state index >= 15 is 0 Å². The van der Waals surface area contributed by atoms with Gasteiger partial charge in [-0.05, 0) is 52.7 Å². The molecule has 0 spiro atoms. The molecule has 1 N–H and O–H groups in total. The van der Waals surface area contributed by atoms with Gasteiger partial charge in [-0.2, -0.15) is 0 Å². The van der Waals surface area contributed by atoms with Gasteiger partial charge >= 0.3 is 12.0 Å². The van der Waals surface area contributed by atoms with Crippen molar-refractivity contribution in [3.8, 4) is 0 Å². The highest BCUT2D eigenvalue weighted by molar-refractivity contribution is 9.11. The Kier molecular flexibility index (Phi) is 5.27. The van der Waals surface area contributed by atoms with Crippen molar-refractivity contribution in [3.63, 3.8) is 0 Å². The highest BCUT2D eigenvalue weighted by Crippen LogP contribution is 2.35. The maximum atomic E-state index is 12.6. The van der Waals surface area contributed by atoms with Crippen molar-refractivity contribution in [2.24, 2.45) is 0 Å². The van der Waals surface area contributed by atoms with E-state index in [1.165, 1.54) is 18.4 Å². The maximum absolute atomic E-state index is 12.6. The van der Waals surface area contributed by atoms with E-state index < -0.39 is 12.0 Å². The molecule has 130 valence electrons. The Morgan fingerprint density at radius 3 is 2.96 bits per heavy atom. The number of halogens is 1. The van der Waals surface area contributed by atoms with Crippen molar-refractivity contribution >= 4 is 39.3 Å². The zero-order valence-electron chi connectivity index (χ0n) is 13.5. The Morgan fingerprint density at radius 1 is 1.58 bits per heavy atom. The van der Waals surface area contributed by atoms with Crippen molar-refractivity contribution in [2.75, 3.05) is 20.3 Å². The number of rotatable bonds is 4. The molecule has 1 saturated heterocycles. The minimum absolute atomic E-state index is 0.0106. The van der Waals surface area contributed by atoms with Crippen molar-refractivity contribution in [1.82, 2.24) is 10.2 Å². The van der Waals surface area contributed by atoms with Gasteiger partial charge in [0.15, 0.2) is 0 Å². The Morgan fingerprint density at radius 2 is 2.38 bits per heavy atom. The number of esters is 1. The molecule has 8 heteroatoms. The van der Waals surface area contributed by atoms with E-state index in [0.717, 1.165) is 28.8 Å². The number of thiophene rings is 1. The highest BCUT2D eigenvalue weighted by Gasteiger charge is 2.37. The van der Waals surface area contributed by atoms with Gasteiger partial charge in [-0.1, -0.05) is 0 Å². The fraction of sp³-hybridized carbons (Fsp3) is 0.500. The number of nitrogens with one attached hydrogen (secondary N) is 1. The number of hydrogen-bond donors (Lipinski definition) is 1. The fourth-order valence-corrected chi connectivity index (χ4v) is 4.29. The number of hydrogen-bond acceptors (Lipinski definition) is 5. The van der Waals surface area contributed by atoms with Gasteiger partial charge in [0.2, 0.25) is 0 Å². The molecule has 2 aliphatic heterocycles. The lowest BCUT2D eigenvalue weighted by Crippen LogP contribution is -2.50. The number of urea groups is 1. The number of carbonyl (C=O) groups is 2. The van der Waals surface area contributed by atoms with Gasteiger partial charge in [-0.25, -0.2) is 9.59 Å². The molecule has 24 heavy (non-hydrogen) atoms. The molecule has 3 heterocycles. The van der Waals surface area contributed by atoms with Crippen LogP contribution in [-0.2, 0) is 14.3 Å². The number of ether oxygens (including phenoxy) is 2. The number of nitrogens with zero attached hydrogens (tertiary/aromatic N) is 1. The first-order valence-corrected chi connectivity index (χ1v) is 9.41. The predicted molar refractivity (Wildman–Crippen MR) is 93.7 cm³/mol. The normalized spacial score (nSPS) is 24.3. The van der Waals surface area contributed by atoms with Crippen LogP contribution in [0, 0.1) is 0 Å². The molecule has 0 aromatic carbocycles. The van der Waals surface area contributed by atoms with Crippen molar-refractivity contribution in [1.29, 1.82) is 0 Å². The number of amides is 2. The van der Waals surface area contributed by atoms with Gasteiger partial charge in [-0.15, -0.1) is 11.3 Å². The summed E-state index contributed by atoms with van der Waals surface area (Å²) in [6.45, 7) is 2.95. The van der Waals surface area contributed by atoms with Gasteiger partial charge < -0.3 is 14.8 Å². The Labute approximate surface area is 152 Å². The van der Waals surface area contributed by atoms with Crippen LogP contribution in [0.3, 0.4) is 0 Å². The van der Waals surface area contributed by atoms with Gasteiger partial charge in [0.05, 0.1) is 35.2 Å². The molecule has 2 amide bonds. The van der Waals surface area contributed by atoms with Crippen LogP contribution in [0.25, 0.3) is 0 Å². The smallest absolute Gasteiger partial charge is 0.337 e. The van der Waals surface area contributed by atoms with E-state index in [1.54, 1.807) is 11.8 Å². The lowest BCUT2D eigenvalue weighted by molar-refractivity contribution is -0.136. The predicted octanol–water partition coefficient (Wildman–Crippen LogP) is 3.20. The van der Waals surface area contributed by atoms with Crippen LogP contribution in [-0.4, -0.2) is 43.3 Å². The van der Waals surface area contributed by atoms with E-state index in [1.807, 2.05) is 11.4 Å². The quantitative estimate of drug-likeness (QED) is 0.767. The summed E-state index contributed by atoms with van der Waals surface area (Å²) in [6, 6.07) is 1.18. The molecule has 0 saturated carbocycles. The maximum Gasteiger partial charge on any atom is 0.337 e. The summed E-state index contributed by atoms with van der Waals surface area (Å²) in [4.78, 5) is 26.5. The molecule has 0 unspecified atom stereocenters. The minimum atomic E-state index is -0.506. The molecule has 3 rings (SSSR count). The first-order chi connectivity index (χ1) is 11.5. The first kappa shape index (κ1) is 17.4. The third kappa shape index (κ3) is 3.36. The van der Waals surface area contributed by atoms with Gasteiger partial charge in [0.25, 0.3) is 0 Å². The highest BCUT2D eigenvalue weighted by atomic mass is 79.9. The van der Waals surface area contributed by atoms with Crippen LogP contribution in [0.2, 0.25) is 0 Å². The molecule has 2 aliphatic rings. The van der Waals surface area contributed by atoms with Gasteiger partial charge in [0.1, 0.15) is 0 Å². The monoisotopic (exact) mass is 414 g/mol. The van der Waals surface area contributed by atoms with Gasteiger partial charge in [-0.3, -0.25) is 4.90 Å². The first-order valence-electron chi connectivity index (χ1n) is 7.74. The average Bonchev–Trinajstić information content (AvgIpc) is 3.21. The topological polar surface area (TPSA) is 67.9 Å². The lowest BCUT2D eigenvalue weighted by atomic mass is 9.97. The third-order valence-corrected chi connectivity index (χ3v) is 5.86. The van der Waals surface area contributed by atoms with Crippen LogP contribution in [0.4, 0.5) is 4.79 Å². The molecule has 1 fully saturated rings. The molecular weight excluding hydrogens is 396 g/mol. The fourth-order valence-electron chi connectivity index (χ4n) is 3.09. The van der Waals surface area contributed by atoms with Crippen LogP contribution >= 0.6 is 27.3 Å². The summed E-state index contributed by atoms with van der Waals surface area (Å²) in [5.74, 6) is -0.433. The Balaban J connectivity index is 1.95. The summed E-state index contributed by atoms with van der Waals surface area (Å²) in [5.41, 5.74) is 1.94. The summed E-state index contributed by atoms with van der Waals surface area (Å²) >= 11 is 4.93. The van der Waals surface area contributed by atoms with Crippen molar-refractivity contribution in [2.45, 2.75) is 31.9 Å². The zero-order chi connectivity index (χ0) is 17.3. The van der Waals surface area contributed by atoms with Gasteiger partial charge in [0, 0.05) is 12.3 Å². The summed E-state index contributed by atoms with van der Waals surface area (Å²) < 4.78 is 11.5. The molecule has 1 aromatic rings. The SMILES string of the molecule is COC(=O)C1=C(C)N(C[C@H]2CCCO2)C(=O)N[C@@H]1c1csc(Br)c1. The Hall–Kier alpha value is -1.38. The van der Waals surface area contributed by atoms with E-state index in [-0.39, 0.29) is 12.1 Å². The summed E-state index contributed by atoms with van der Waals surface area (Å²) in [6.07, 6.45) is 1.93. The van der Waals surface area contributed by atoms with Crippen LogP contribution in [0.15, 0.2) is 26.5 Å². The Bertz CT molecular complexity index is 681. The third-order valence-electron chi connectivity index (χ3n) is 4.33. The second-order valence-corrected chi connectivity index (χ2v) is 8.09. The average molecular weight is 415 g/mol. The van der Waals surface area contributed by atoms with Crippen molar-refractivity contribution in [3.05, 3.63) is 32.1 Å². The molecule has 0 aliphatic carbocycles. The lowest BCUT2D eigenvalue weighted by Gasteiger charge is -2.35. The standard InChI is InChI=1S/C16H19BrN2O4S/c1-9-13(15(20)22-2)14(10-6-12(17)24-8-10)18-16(21)19(9)7-11-4-3-5-23-11/h6,8,11,14H,3-5,7H2,1-2H3,(H,18,21)/t11-,14-/m1/s1. The minimum Gasteiger partial charge on any atom is -0.466 e. The number of carbonyl (C=O) groups excluding carboxylic acids is 2. The second kappa shape index (κ2) is 7.25. The van der Waals surface area contributed by atoms with E-state index in [9.17, 15) is 9.59 Å². The molecule has 2 atom stereocenters. The van der Waals surface area contributed by atoms with Crippen LogP contribution < -0.4 is 5.32 Å². The molecule has 0 radical (unpaired) electrons. The molecule has 6 nitrogen and oxygen atoms in total. The van der Waals surface area contributed by atoms with Crippen molar-refractivity contribution < 1.29 is 19.1 Å². The van der Waals surface area contributed by atoms with Crippen LogP contribution in [0.5, 0.6) is 0 Å².